The van der Waals surface area contributed by atoms with Gasteiger partial charge in [-0.1, -0.05) is 0 Å². The lowest BCUT2D eigenvalue weighted by atomic mass is 10.1. The molecule has 0 saturated carbocycles. The Morgan fingerprint density at radius 3 is 2.50 bits per heavy atom. The second-order valence-corrected chi connectivity index (χ2v) is 2.65. The SMILES string of the molecule is C=NC(=NCC)c1ccc(C#N)cc1. The molecule has 0 atom stereocenters. The summed E-state index contributed by atoms with van der Waals surface area (Å²) in [6, 6.07) is 9.18. The van der Waals surface area contributed by atoms with Crippen LogP contribution >= 0.6 is 0 Å². The molecule has 0 aromatic heterocycles. The maximum absolute atomic E-state index is 8.61. The molecule has 3 heteroatoms. The lowest BCUT2D eigenvalue weighted by Crippen LogP contribution is -1.97. The van der Waals surface area contributed by atoms with Crippen LogP contribution in [0, 0.1) is 11.3 Å². The van der Waals surface area contributed by atoms with Crippen LogP contribution in [0.5, 0.6) is 0 Å². The zero-order valence-electron chi connectivity index (χ0n) is 8.07. The lowest BCUT2D eigenvalue weighted by molar-refractivity contribution is 1.12. The van der Waals surface area contributed by atoms with Crippen molar-refractivity contribution in [3.63, 3.8) is 0 Å². The third-order valence-corrected chi connectivity index (χ3v) is 1.73. The molecule has 70 valence electrons. The van der Waals surface area contributed by atoms with E-state index in [1.54, 1.807) is 12.1 Å². The maximum Gasteiger partial charge on any atom is 0.153 e. The Balaban J connectivity index is 3.02. The van der Waals surface area contributed by atoms with Crippen molar-refractivity contribution in [2.45, 2.75) is 6.92 Å². The molecule has 0 aliphatic rings. The van der Waals surface area contributed by atoms with Crippen LogP contribution in [0.3, 0.4) is 0 Å². The summed E-state index contributed by atoms with van der Waals surface area (Å²) in [5, 5.41) is 8.61. The normalized spacial score (nSPS) is 10.7. The largest absolute Gasteiger partial charge is 0.267 e. The summed E-state index contributed by atoms with van der Waals surface area (Å²) < 4.78 is 0. The van der Waals surface area contributed by atoms with Crippen LogP contribution in [0.4, 0.5) is 0 Å². The van der Waals surface area contributed by atoms with Gasteiger partial charge >= 0.3 is 0 Å². The Morgan fingerprint density at radius 1 is 1.43 bits per heavy atom. The first-order valence-corrected chi connectivity index (χ1v) is 4.33. The summed E-state index contributed by atoms with van der Waals surface area (Å²) in [5.41, 5.74) is 1.52. The Bertz CT molecular complexity index is 382. The van der Waals surface area contributed by atoms with Gasteiger partial charge in [-0.15, -0.1) is 0 Å². The van der Waals surface area contributed by atoms with Crippen molar-refractivity contribution in [3.8, 4) is 6.07 Å². The minimum absolute atomic E-state index is 0.622. The van der Waals surface area contributed by atoms with E-state index in [0.717, 1.165) is 5.56 Å². The molecule has 14 heavy (non-hydrogen) atoms. The van der Waals surface area contributed by atoms with Gasteiger partial charge in [0, 0.05) is 12.1 Å². The maximum atomic E-state index is 8.61. The Hall–Kier alpha value is -1.95. The number of benzene rings is 1. The molecule has 0 amide bonds. The summed E-state index contributed by atoms with van der Waals surface area (Å²) in [5.74, 6) is 0.622. The van der Waals surface area contributed by atoms with Crippen molar-refractivity contribution >= 4 is 12.6 Å². The summed E-state index contributed by atoms with van der Waals surface area (Å²) in [6.07, 6.45) is 0. The predicted octanol–water partition coefficient (Wildman–Crippen LogP) is 2.03. The zero-order chi connectivity index (χ0) is 10.4. The summed E-state index contributed by atoms with van der Waals surface area (Å²) >= 11 is 0. The third-order valence-electron chi connectivity index (χ3n) is 1.73. The van der Waals surface area contributed by atoms with Crippen molar-refractivity contribution < 1.29 is 0 Å². The quantitative estimate of drug-likeness (QED) is 0.513. The van der Waals surface area contributed by atoms with Gasteiger partial charge in [0.05, 0.1) is 11.6 Å². The van der Waals surface area contributed by atoms with E-state index in [1.807, 2.05) is 19.1 Å². The minimum Gasteiger partial charge on any atom is -0.267 e. The highest BCUT2D eigenvalue weighted by Crippen LogP contribution is 2.05. The third kappa shape index (κ3) is 2.27. The van der Waals surface area contributed by atoms with Crippen LogP contribution in [-0.2, 0) is 0 Å². The molecular weight excluding hydrogens is 174 g/mol. The standard InChI is InChI=1S/C11H11N3/c1-3-14-11(13-2)10-6-4-9(8-12)5-7-10/h4-7H,2-3H2,1H3. The van der Waals surface area contributed by atoms with E-state index in [9.17, 15) is 0 Å². The lowest BCUT2D eigenvalue weighted by Gasteiger charge is -1.99. The molecule has 0 spiro atoms. The van der Waals surface area contributed by atoms with Gasteiger partial charge in [-0.05, 0) is 37.9 Å². The number of amidine groups is 1. The van der Waals surface area contributed by atoms with E-state index >= 15 is 0 Å². The van der Waals surface area contributed by atoms with Crippen molar-refractivity contribution in [2.75, 3.05) is 6.54 Å². The predicted molar refractivity (Wildman–Crippen MR) is 57.8 cm³/mol. The number of aliphatic imine (C=N–C) groups is 2. The highest BCUT2D eigenvalue weighted by atomic mass is 14.9. The molecule has 1 aromatic rings. The van der Waals surface area contributed by atoms with Crippen molar-refractivity contribution in [3.05, 3.63) is 35.4 Å². The van der Waals surface area contributed by atoms with Crippen molar-refractivity contribution in [1.29, 1.82) is 5.26 Å². The van der Waals surface area contributed by atoms with Gasteiger partial charge < -0.3 is 0 Å². The van der Waals surface area contributed by atoms with E-state index in [0.29, 0.717) is 17.9 Å². The summed E-state index contributed by atoms with van der Waals surface area (Å²) in [4.78, 5) is 7.99. The summed E-state index contributed by atoms with van der Waals surface area (Å²) in [6.45, 7) is 6.07. The van der Waals surface area contributed by atoms with E-state index in [4.69, 9.17) is 5.26 Å². The molecule has 0 aliphatic carbocycles. The molecule has 0 N–H and O–H groups in total. The monoisotopic (exact) mass is 185 g/mol. The number of hydrogen-bond donors (Lipinski definition) is 0. The van der Waals surface area contributed by atoms with Crippen LogP contribution in [0.15, 0.2) is 34.3 Å². The molecule has 0 aliphatic heterocycles. The number of rotatable bonds is 2. The molecule has 0 bridgehead atoms. The van der Waals surface area contributed by atoms with Gasteiger partial charge in [0.25, 0.3) is 0 Å². The highest BCUT2D eigenvalue weighted by molar-refractivity contribution is 6.01. The fourth-order valence-corrected chi connectivity index (χ4v) is 1.08. The van der Waals surface area contributed by atoms with Crippen molar-refractivity contribution in [1.82, 2.24) is 0 Å². The second kappa shape index (κ2) is 4.93. The molecule has 0 fully saturated rings. The molecule has 0 unspecified atom stereocenters. The fraction of sp³-hybridized carbons (Fsp3) is 0.182. The molecule has 0 heterocycles. The van der Waals surface area contributed by atoms with E-state index in [2.05, 4.69) is 22.8 Å². The van der Waals surface area contributed by atoms with Crippen LogP contribution in [0.25, 0.3) is 0 Å². The van der Waals surface area contributed by atoms with Gasteiger partial charge in [0.15, 0.2) is 5.84 Å². The second-order valence-electron chi connectivity index (χ2n) is 2.65. The van der Waals surface area contributed by atoms with Gasteiger partial charge in [-0.3, -0.25) is 4.99 Å². The molecule has 1 aromatic carbocycles. The van der Waals surface area contributed by atoms with Gasteiger partial charge in [-0.2, -0.15) is 5.26 Å². The minimum atomic E-state index is 0.622. The van der Waals surface area contributed by atoms with E-state index in [1.165, 1.54) is 0 Å². The molecule has 0 saturated heterocycles. The number of hydrogen-bond acceptors (Lipinski definition) is 2. The molecular formula is C11H11N3. The van der Waals surface area contributed by atoms with Gasteiger partial charge in [-0.25, -0.2) is 4.99 Å². The first kappa shape index (κ1) is 10.1. The summed E-state index contributed by atoms with van der Waals surface area (Å²) in [7, 11) is 0. The van der Waals surface area contributed by atoms with E-state index in [-0.39, 0.29) is 0 Å². The van der Waals surface area contributed by atoms with Crippen LogP contribution < -0.4 is 0 Å². The fourth-order valence-electron chi connectivity index (χ4n) is 1.08. The molecule has 1 rings (SSSR count). The first-order chi connectivity index (χ1) is 6.81. The van der Waals surface area contributed by atoms with E-state index < -0.39 is 0 Å². The Kier molecular flexibility index (Phi) is 3.57. The van der Waals surface area contributed by atoms with Crippen LogP contribution in [-0.4, -0.2) is 19.1 Å². The molecule has 0 radical (unpaired) electrons. The zero-order valence-corrected chi connectivity index (χ0v) is 8.07. The van der Waals surface area contributed by atoms with Crippen LogP contribution in [0.2, 0.25) is 0 Å². The average molecular weight is 185 g/mol. The Labute approximate surface area is 83.4 Å². The first-order valence-electron chi connectivity index (χ1n) is 4.33. The highest BCUT2D eigenvalue weighted by Gasteiger charge is 1.99. The van der Waals surface area contributed by atoms with Crippen molar-refractivity contribution in [2.24, 2.45) is 9.98 Å². The smallest absolute Gasteiger partial charge is 0.153 e. The average Bonchev–Trinajstić information content (AvgIpc) is 2.26. The van der Waals surface area contributed by atoms with Crippen LogP contribution in [0.1, 0.15) is 18.1 Å². The molecule has 3 nitrogen and oxygen atoms in total. The van der Waals surface area contributed by atoms with Gasteiger partial charge in [0.2, 0.25) is 0 Å². The van der Waals surface area contributed by atoms with Gasteiger partial charge in [0.1, 0.15) is 0 Å². The number of nitriles is 1. The number of nitrogens with zero attached hydrogens (tertiary/aromatic N) is 3. The Morgan fingerprint density at radius 2 is 2.07 bits per heavy atom. The topological polar surface area (TPSA) is 48.5 Å².